The molecule has 2 heterocycles. The Morgan fingerprint density at radius 2 is 1.93 bits per heavy atom. The number of carbonyl (C=O) groups is 2. The van der Waals surface area contributed by atoms with Crippen molar-refractivity contribution in [2.45, 2.75) is 41.7 Å². The van der Waals surface area contributed by atoms with E-state index in [1.54, 1.807) is 30.0 Å². The second kappa shape index (κ2) is 12.1. The molecule has 5 nitrogen and oxygen atoms in total. The van der Waals surface area contributed by atoms with Crippen LogP contribution < -0.4 is 16.0 Å². The van der Waals surface area contributed by atoms with E-state index in [0.29, 0.717) is 22.0 Å². The van der Waals surface area contributed by atoms with Crippen LogP contribution >= 0.6 is 36.0 Å². The third-order valence-corrected chi connectivity index (χ3v) is 6.21. The lowest BCUT2D eigenvalue weighted by molar-refractivity contribution is -0.115. The highest BCUT2D eigenvalue weighted by Gasteiger charge is 2.22. The summed E-state index contributed by atoms with van der Waals surface area (Å²) in [5.41, 5.74) is 2.80. The summed E-state index contributed by atoms with van der Waals surface area (Å²) in [6, 6.07) is 11.2. The lowest BCUT2D eigenvalue weighted by Gasteiger charge is -2.21. The van der Waals surface area contributed by atoms with E-state index in [4.69, 9.17) is 11.6 Å². The number of hydrogen-bond donors (Lipinski definition) is 4. The first-order valence-corrected chi connectivity index (χ1v) is 11.1. The largest absolute Gasteiger partial charge is 0.329 e. The summed E-state index contributed by atoms with van der Waals surface area (Å²) in [4.78, 5) is 23.2. The predicted octanol–water partition coefficient (Wildman–Crippen LogP) is 4.99. The normalized spacial score (nSPS) is 17.0. The Balaban J connectivity index is 0.000000169. The van der Waals surface area contributed by atoms with Crippen LogP contribution in [-0.2, 0) is 9.59 Å². The van der Waals surface area contributed by atoms with Crippen molar-refractivity contribution < 1.29 is 9.59 Å². The molecule has 2 aromatic rings. The molecular formula is C21H26ClN3O2S2. The van der Waals surface area contributed by atoms with Crippen molar-refractivity contribution in [3.63, 3.8) is 0 Å². The zero-order valence-corrected chi connectivity index (χ0v) is 19.0. The summed E-state index contributed by atoms with van der Waals surface area (Å²) in [5.74, 6) is 0.100. The van der Waals surface area contributed by atoms with Gasteiger partial charge in [0.15, 0.2) is 0 Å². The first-order valence-electron chi connectivity index (χ1n) is 9.38. The molecule has 2 aromatic carbocycles. The van der Waals surface area contributed by atoms with Crippen LogP contribution in [0, 0.1) is 6.92 Å². The van der Waals surface area contributed by atoms with Gasteiger partial charge in [0.1, 0.15) is 0 Å². The average molecular weight is 452 g/mol. The molecule has 2 aliphatic heterocycles. The number of fused-ring (bicyclic) bond motifs is 1. The first-order chi connectivity index (χ1) is 13.9. The van der Waals surface area contributed by atoms with Gasteiger partial charge in [-0.3, -0.25) is 9.59 Å². The molecule has 8 heteroatoms. The van der Waals surface area contributed by atoms with Crippen LogP contribution in [0.2, 0.25) is 5.02 Å². The van der Waals surface area contributed by atoms with Crippen molar-refractivity contribution in [2.24, 2.45) is 0 Å². The summed E-state index contributed by atoms with van der Waals surface area (Å²) < 4.78 is 0. The van der Waals surface area contributed by atoms with E-state index in [9.17, 15) is 9.59 Å². The van der Waals surface area contributed by atoms with Crippen LogP contribution in [0.15, 0.2) is 46.2 Å². The zero-order chi connectivity index (χ0) is 21.2. The number of rotatable bonds is 2. The molecule has 156 valence electrons. The van der Waals surface area contributed by atoms with E-state index in [-0.39, 0.29) is 11.2 Å². The third kappa shape index (κ3) is 7.93. The molecule has 1 saturated heterocycles. The zero-order valence-electron chi connectivity index (χ0n) is 16.5. The fraction of sp³-hybridized carbons (Fsp3) is 0.333. The Bertz CT molecular complexity index is 837. The molecule has 0 radical (unpaired) electrons. The second-order valence-electron chi connectivity index (χ2n) is 6.63. The maximum atomic E-state index is 11.3. The van der Waals surface area contributed by atoms with E-state index in [2.05, 4.69) is 40.7 Å². The van der Waals surface area contributed by atoms with Crippen LogP contribution in [0.5, 0.6) is 0 Å². The molecule has 0 aromatic heterocycles. The lowest BCUT2D eigenvalue weighted by Crippen LogP contribution is -2.26. The Morgan fingerprint density at radius 3 is 2.52 bits per heavy atom. The van der Waals surface area contributed by atoms with Crippen LogP contribution in [-0.4, -0.2) is 30.7 Å². The van der Waals surface area contributed by atoms with Gasteiger partial charge in [0, 0.05) is 15.5 Å². The molecule has 0 bridgehead atoms. The minimum Gasteiger partial charge on any atom is -0.329 e. The highest BCUT2D eigenvalue weighted by atomic mass is 35.5. The summed E-state index contributed by atoms with van der Waals surface area (Å²) in [5, 5.41) is 9.14. The van der Waals surface area contributed by atoms with Crippen molar-refractivity contribution in [3.8, 4) is 0 Å². The van der Waals surface area contributed by atoms with E-state index in [1.165, 1.54) is 31.5 Å². The number of amides is 2. The monoisotopic (exact) mass is 451 g/mol. The Kier molecular flexibility index (Phi) is 9.87. The molecule has 2 amide bonds. The van der Waals surface area contributed by atoms with Crippen LogP contribution in [0.3, 0.4) is 0 Å². The minimum absolute atomic E-state index is 0.0233. The van der Waals surface area contributed by atoms with Gasteiger partial charge in [-0.05, 0) is 75.7 Å². The highest BCUT2D eigenvalue weighted by Crippen LogP contribution is 2.35. The van der Waals surface area contributed by atoms with E-state index >= 15 is 0 Å². The lowest BCUT2D eigenvalue weighted by atomic mass is 10.2. The summed E-state index contributed by atoms with van der Waals surface area (Å²) in [6.07, 6.45) is 3.38. The van der Waals surface area contributed by atoms with Crippen molar-refractivity contribution in [3.05, 3.63) is 47.0 Å². The van der Waals surface area contributed by atoms with E-state index in [1.807, 2.05) is 19.9 Å². The van der Waals surface area contributed by atoms with E-state index in [0.717, 1.165) is 10.6 Å². The summed E-state index contributed by atoms with van der Waals surface area (Å²) in [6.45, 7) is 6.44. The number of carbonyl (C=O) groups excluding carboxylic acids is 2. The Hall–Kier alpha value is -1.67. The molecule has 0 aliphatic carbocycles. The number of aryl methyl sites for hydroxylation is 1. The van der Waals surface area contributed by atoms with Crippen LogP contribution in [0.25, 0.3) is 0 Å². The molecule has 2 aliphatic rings. The average Bonchev–Trinajstić information content (AvgIpc) is 3.27. The molecule has 0 spiro atoms. The fourth-order valence-corrected chi connectivity index (χ4v) is 3.86. The second-order valence-corrected chi connectivity index (χ2v) is 8.91. The van der Waals surface area contributed by atoms with Crippen molar-refractivity contribution >= 4 is 59.7 Å². The van der Waals surface area contributed by atoms with Gasteiger partial charge in [-0.15, -0.1) is 24.4 Å². The van der Waals surface area contributed by atoms with Gasteiger partial charge in [-0.25, -0.2) is 0 Å². The van der Waals surface area contributed by atoms with Gasteiger partial charge in [0.25, 0.3) is 0 Å². The number of nitrogens with one attached hydrogen (secondary N) is 3. The smallest absolute Gasteiger partial charge is 0.237 e. The predicted molar refractivity (Wildman–Crippen MR) is 126 cm³/mol. The number of thioether (sulfide) groups is 1. The molecule has 1 unspecified atom stereocenters. The molecule has 1 fully saturated rings. The molecule has 29 heavy (non-hydrogen) atoms. The number of halogens is 1. The molecule has 4 rings (SSSR count). The fourth-order valence-electron chi connectivity index (χ4n) is 2.61. The molecule has 0 saturated carbocycles. The van der Waals surface area contributed by atoms with Crippen molar-refractivity contribution in [1.29, 1.82) is 0 Å². The number of hydrogen-bond acceptors (Lipinski definition) is 5. The first kappa shape index (κ1) is 23.6. The van der Waals surface area contributed by atoms with Gasteiger partial charge < -0.3 is 16.0 Å². The third-order valence-electron chi connectivity index (χ3n) is 4.20. The van der Waals surface area contributed by atoms with Crippen molar-refractivity contribution in [1.82, 2.24) is 5.32 Å². The highest BCUT2D eigenvalue weighted by molar-refractivity contribution is 8.00. The quantitative estimate of drug-likeness (QED) is 0.383. The summed E-state index contributed by atoms with van der Waals surface area (Å²) in [7, 11) is 0. The maximum absolute atomic E-state index is 11.3. The number of anilines is 2. The number of benzene rings is 2. The minimum atomic E-state index is 0.0233. The molecule has 3 N–H and O–H groups in total. The maximum Gasteiger partial charge on any atom is 0.237 e. The Labute approximate surface area is 186 Å². The van der Waals surface area contributed by atoms with E-state index < -0.39 is 0 Å². The summed E-state index contributed by atoms with van der Waals surface area (Å²) >= 11 is 11.4. The SMILES string of the molecule is C1CCNC1.Cc1ccc2c(c1)NC(=O)C(C)S2.O=CNc1ccc(S)c(Cl)c1. The van der Waals surface area contributed by atoms with Gasteiger partial charge in [0.05, 0.1) is 16.0 Å². The van der Waals surface area contributed by atoms with Gasteiger partial charge in [-0.2, -0.15) is 0 Å². The van der Waals surface area contributed by atoms with Gasteiger partial charge >= 0.3 is 0 Å². The van der Waals surface area contributed by atoms with Gasteiger partial charge in [0.2, 0.25) is 12.3 Å². The van der Waals surface area contributed by atoms with Crippen LogP contribution in [0.4, 0.5) is 11.4 Å². The van der Waals surface area contributed by atoms with Crippen LogP contribution in [0.1, 0.15) is 25.3 Å². The molecule has 1 atom stereocenters. The molecular weight excluding hydrogens is 426 g/mol. The Morgan fingerprint density at radius 1 is 1.21 bits per heavy atom. The van der Waals surface area contributed by atoms with Crippen molar-refractivity contribution in [2.75, 3.05) is 23.7 Å². The number of thiol groups is 1. The standard InChI is InChI=1S/C10H11NOS.C7H6ClNOS.C4H9N/c1-6-3-4-9-8(5-6)11-10(12)7(2)13-9;8-6-3-5(9-4-10)1-2-7(6)11;1-2-4-5-3-1/h3-5,7H,1-2H3,(H,11,12);1-4,11H,(H,9,10);5H,1-4H2. The topological polar surface area (TPSA) is 70.2 Å². The van der Waals surface area contributed by atoms with Gasteiger partial charge in [-0.1, -0.05) is 17.7 Å².